The number of hydrogen-bond donors (Lipinski definition) is 0. The molecule has 3 heteroatoms. The molecule has 274 valence electrons. The van der Waals surface area contributed by atoms with E-state index in [1.807, 2.05) is 0 Å². The van der Waals surface area contributed by atoms with Crippen LogP contribution in [0.2, 0.25) is 0 Å². The molecule has 0 fully saturated rings. The molecule has 59 heavy (non-hydrogen) atoms. The predicted octanol–water partition coefficient (Wildman–Crippen LogP) is 14.9. The molecule has 2 aromatic heterocycles. The summed E-state index contributed by atoms with van der Waals surface area (Å²) in [5, 5.41) is 10.6. The van der Waals surface area contributed by atoms with Gasteiger partial charge in [0.25, 0.3) is 0 Å². The van der Waals surface area contributed by atoms with Gasteiger partial charge in [-0.25, -0.2) is 9.97 Å². The van der Waals surface area contributed by atoms with Crippen LogP contribution in [0.15, 0.2) is 212 Å². The van der Waals surface area contributed by atoms with Crippen molar-refractivity contribution in [3.63, 3.8) is 0 Å². The standard InChI is InChI=1S/C56H35N3/c1-2-12-36(13-3-1)38-22-24-39(25-23-38)43-28-30-51-50(34-43)55(44-27-26-37-14-4-5-15-40(37)32-44)58-56(57-51)48-29-31-53(46-19-9-8-18-45(46)48)59-52-21-11-10-20-47(52)49-33-41-16-6-7-17-42(41)35-54(49)59/h1-35H. The number of fused-ring (bicyclic) bond motifs is 7. The summed E-state index contributed by atoms with van der Waals surface area (Å²) < 4.78 is 2.43. The molecule has 0 aliphatic heterocycles. The van der Waals surface area contributed by atoms with Crippen LogP contribution in [0.25, 0.3) is 116 Å². The number of para-hydroxylation sites is 1. The molecule has 0 N–H and O–H groups in total. The van der Waals surface area contributed by atoms with E-state index >= 15 is 0 Å². The van der Waals surface area contributed by atoms with Gasteiger partial charge in [0.05, 0.1) is 27.9 Å². The Hall–Kier alpha value is -7.88. The topological polar surface area (TPSA) is 30.7 Å². The van der Waals surface area contributed by atoms with E-state index in [4.69, 9.17) is 9.97 Å². The monoisotopic (exact) mass is 749 g/mol. The van der Waals surface area contributed by atoms with Crippen LogP contribution in [0, 0.1) is 0 Å². The first kappa shape index (κ1) is 33.3. The van der Waals surface area contributed by atoms with E-state index < -0.39 is 0 Å². The van der Waals surface area contributed by atoms with Crippen molar-refractivity contribution in [3.05, 3.63) is 212 Å². The van der Waals surface area contributed by atoms with Crippen LogP contribution in [-0.4, -0.2) is 14.5 Å². The van der Waals surface area contributed by atoms with Crippen LogP contribution in [0.4, 0.5) is 0 Å². The molecule has 0 atom stereocenters. The van der Waals surface area contributed by atoms with Gasteiger partial charge in [-0.2, -0.15) is 0 Å². The molecule has 0 amide bonds. The number of aromatic nitrogens is 3. The van der Waals surface area contributed by atoms with Crippen LogP contribution in [-0.2, 0) is 0 Å². The molecule has 10 aromatic carbocycles. The highest BCUT2D eigenvalue weighted by Crippen LogP contribution is 2.40. The van der Waals surface area contributed by atoms with E-state index in [2.05, 4.69) is 217 Å². The molecule has 3 nitrogen and oxygen atoms in total. The molecule has 2 heterocycles. The average molecular weight is 750 g/mol. The summed E-state index contributed by atoms with van der Waals surface area (Å²) in [6, 6.07) is 76.3. The van der Waals surface area contributed by atoms with Crippen LogP contribution < -0.4 is 0 Å². The zero-order valence-corrected chi connectivity index (χ0v) is 32.0. The Morgan fingerprint density at radius 3 is 1.69 bits per heavy atom. The Kier molecular flexibility index (Phi) is 7.54. The molecule has 0 bridgehead atoms. The molecule has 12 aromatic rings. The number of nitrogens with zero attached hydrogens (tertiary/aromatic N) is 3. The third-order valence-electron chi connectivity index (χ3n) is 12.0. The second kappa shape index (κ2) is 13.4. The van der Waals surface area contributed by atoms with Gasteiger partial charge < -0.3 is 4.57 Å². The van der Waals surface area contributed by atoms with Crippen LogP contribution in [0.1, 0.15) is 0 Å². The van der Waals surface area contributed by atoms with Gasteiger partial charge in [0.15, 0.2) is 5.82 Å². The van der Waals surface area contributed by atoms with Crippen molar-refractivity contribution in [2.75, 3.05) is 0 Å². The second-order valence-corrected chi connectivity index (χ2v) is 15.4. The van der Waals surface area contributed by atoms with E-state index in [9.17, 15) is 0 Å². The van der Waals surface area contributed by atoms with Gasteiger partial charge >= 0.3 is 0 Å². The number of benzene rings is 10. The summed E-state index contributed by atoms with van der Waals surface area (Å²) >= 11 is 0. The summed E-state index contributed by atoms with van der Waals surface area (Å²) in [5.74, 6) is 0.705. The molecular weight excluding hydrogens is 715 g/mol. The first-order chi connectivity index (χ1) is 29.2. The predicted molar refractivity (Wildman–Crippen MR) is 248 cm³/mol. The third kappa shape index (κ3) is 5.51. The van der Waals surface area contributed by atoms with Crippen molar-refractivity contribution in [3.8, 4) is 50.6 Å². The SMILES string of the molecule is c1ccc(-c2ccc(-c3ccc4nc(-c5ccc(-n6c7ccccc7c7cc8ccccc8cc76)c6ccccc56)nc(-c5ccc6ccccc6c5)c4c3)cc2)cc1. The van der Waals surface area contributed by atoms with E-state index in [1.165, 1.54) is 54.5 Å². The van der Waals surface area contributed by atoms with Crippen LogP contribution in [0.3, 0.4) is 0 Å². The van der Waals surface area contributed by atoms with Crippen molar-refractivity contribution in [2.45, 2.75) is 0 Å². The van der Waals surface area contributed by atoms with Gasteiger partial charge in [-0.15, -0.1) is 0 Å². The van der Waals surface area contributed by atoms with Crippen molar-refractivity contribution >= 4 is 65.0 Å². The van der Waals surface area contributed by atoms with Crippen molar-refractivity contribution in [1.29, 1.82) is 0 Å². The van der Waals surface area contributed by atoms with Gasteiger partial charge in [-0.3, -0.25) is 0 Å². The van der Waals surface area contributed by atoms with Gasteiger partial charge in [0, 0.05) is 32.7 Å². The van der Waals surface area contributed by atoms with E-state index in [0.29, 0.717) is 5.82 Å². The van der Waals surface area contributed by atoms with E-state index in [0.717, 1.165) is 55.3 Å². The lowest BCUT2D eigenvalue weighted by atomic mass is 9.96. The van der Waals surface area contributed by atoms with Gasteiger partial charge in [-0.05, 0) is 97.7 Å². The quantitative estimate of drug-likeness (QED) is 0.175. The minimum atomic E-state index is 0.705. The fraction of sp³-hybridized carbons (Fsp3) is 0. The smallest absolute Gasteiger partial charge is 0.161 e. The van der Waals surface area contributed by atoms with Gasteiger partial charge in [0.2, 0.25) is 0 Å². The Morgan fingerprint density at radius 1 is 0.305 bits per heavy atom. The van der Waals surface area contributed by atoms with Crippen LogP contribution >= 0.6 is 0 Å². The normalized spacial score (nSPS) is 11.7. The van der Waals surface area contributed by atoms with Gasteiger partial charge in [-0.1, -0.05) is 164 Å². The number of rotatable bonds is 5. The zero-order valence-electron chi connectivity index (χ0n) is 32.0. The largest absolute Gasteiger partial charge is 0.309 e. The fourth-order valence-electron chi connectivity index (χ4n) is 9.06. The summed E-state index contributed by atoms with van der Waals surface area (Å²) in [7, 11) is 0. The van der Waals surface area contributed by atoms with Crippen molar-refractivity contribution in [2.24, 2.45) is 0 Å². The summed E-state index contributed by atoms with van der Waals surface area (Å²) in [5.41, 5.74) is 12.1. The average Bonchev–Trinajstić information content (AvgIpc) is 3.62. The lowest BCUT2D eigenvalue weighted by molar-refractivity contribution is 1.19. The second-order valence-electron chi connectivity index (χ2n) is 15.4. The molecule has 0 aliphatic carbocycles. The molecule has 0 saturated heterocycles. The molecule has 0 radical (unpaired) electrons. The first-order valence-electron chi connectivity index (χ1n) is 20.1. The molecule has 0 spiro atoms. The molecule has 0 aliphatic rings. The van der Waals surface area contributed by atoms with Crippen LogP contribution in [0.5, 0.6) is 0 Å². The Labute approximate surface area is 341 Å². The van der Waals surface area contributed by atoms with Crippen molar-refractivity contribution < 1.29 is 0 Å². The molecular formula is C56H35N3. The fourth-order valence-corrected chi connectivity index (χ4v) is 9.06. The van der Waals surface area contributed by atoms with E-state index in [-0.39, 0.29) is 0 Å². The van der Waals surface area contributed by atoms with Crippen molar-refractivity contribution in [1.82, 2.24) is 14.5 Å². The maximum Gasteiger partial charge on any atom is 0.161 e. The molecule has 0 unspecified atom stereocenters. The highest BCUT2D eigenvalue weighted by molar-refractivity contribution is 6.15. The Bertz CT molecular complexity index is 3600. The lowest BCUT2D eigenvalue weighted by Crippen LogP contribution is -1.99. The maximum absolute atomic E-state index is 5.50. The Balaban J connectivity index is 1.05. The summed E-state index contributed by atoms with van der Waals surface area (Å²) in [6.45, 7) is 0. The number of hydrogen-bond acceptors (Lipinski definition) is 2. The Morgan fingerprint density at radius 2 is 0.898 bits per heavy atom. The lowest BCUT2D eigenvalue weighted by Gasteiger charge is -2.16. The summed E-state index contributed by atoms with van der Waals surface area (Å²) in [4.78, 5) is 10.8. The first-order valence-corrected chi connectivity index (χ1v) is 20.1. The summed E-state index contributed by atoms with van der Waals surface area (Å²) in [6.07, 6.45) is 0. The maximum atomic E-state index is 5.50. The van der Waals surface area contributed by atoms with E-state index in [1.54, 1.807) is 0 Å². The highest BCUT2D eigenvalue weighted by Gasteiger charge is 2.19. The third-order valence-corrected chi connectivity index (χ3v) is 12.0. The minimum Gasteiger partial charge on any atom is -0.309 e. The minimum absolute atomic E-state index is 0.705. The molecule has 0 saturated carbocycles. The zero-order chi connectivity index (χ0) is 38.9. The highest BCUT2D eigenvalue weighted by atomic mass is 15.0. The molecule has 12 rings (SSSR count). The van der Waals surface area contributed by atoms with Gasteiger partial charge in [0.1, 0.15) is 0 Å².